The van der Waals surface area contributed by atoms with Crippen molar-refractivity contribution in [1.82, 2.24) is 0 Å². The van der Waals surface area contributed by atoms with Gasteiger partial charge in [-0.3, -0.25) is 9.59 Å². The van der Waals surface area contributed by atoms with Gasteiger partial charge >= 0.3 is 5.97 Å². The third-order valence-electron chi connectivity index (χ3n) is 4.55. The molecule has 1 aliphatic carbocycles. The molecule has 1 fully saturated rings. The molecule has 0 saturated heterocycles. The van der Waals surface area contributed by atoms with Gasteiger partial charge in [-0.25, -0.2) is 0 Å². The fraction of sp³-hybridized carbons (Fsp3) is 0.882. The molecule has 0 aromatic rings. The highest BCUT2D eigenvalue weighted by Crippen LogP contribution is 2.37. The SMILES string of the molecule is CC(C)C(CSC1CCC(=O)C1CCCCCCC(=O)O)SO. The van der Waals surface area contributed by atoms with Crippen molar-refractivity contribution in [2.45, 2.75) is 75.7 Å². The van der Waals surface area contributed by atoms with Crippen LogP contribution in [0.1, 0.15) is 65.2 Å². The Morgan fingerprint density at radius 1 is 1.26 bits per heavy atom. The number of carbonyl (C=O) groups is 2. The molecule has 0 radical (unpaired) electrons. The minimum absolute atomic E-state index is 0.163. The summed E-state index contributed by atoms with van der Waals surface area (Å²) in [7, 11) is 0. The smallest absolute Gasteiger partial charge is 0.303 e. The van der Waals surface area contributed by atoms with E-state index in [9.17, 15) is 14.1 Å². The fourth-order valence-corrected chi connectivity index (χ4v) is 5.33. The Morgan fingerprint density at radius 2 is 1.96 bits per heavy atom. The number of rotatable bonds is 12. The number of unbranched alkanes of at least 4 members (excludes halogenated alkanes) is 3. The van der Waals surface area contributed by atoms with Crippen LogP contribution >= 0.6 is 23.8 Å². The Kier molecular flexibility index (Phi) is 10.3. The summed E-state index contributed by atoms with van der Waals surface area (Å²) in [5.41, 5.74) is 0. The second-order valence-corrected chi connectivity index (χ2v) is 8.81. The van der Waals surface area contributed by atoms with E-state index in [-0.39, 0.29) is 17.6 Å². The molecule has 0 aliphatic heterocycles. The normalized spacial score (nSPS) is 22.7. The molecular weight excluding hydrogens is 332 g/mol. The van der Waals surface area contributed by atoms with Crippen LogP contribution in [0.3, 0.4) is 0 Å². The van der Waals surface area contributed by atoms with Gasteiger partial charge in [-0.15, -0.1) is 0 Å². The molecule has 1 rings (SSSR count). The van der Waals surface area contributed by atoms with Crippen LogP contribution in [0.15, 0.2) is 0 Å². The molecule has 6 heteroatoms. The molecule has 1 saturated carbocycles. The second kappa shape index (κ2) is 11.4. The first kappa shape index (κ1) is 20.8. The van der Waals surface area contributed by atoms with Crippen molar-refractivity contribution in [3.05, 3.63) is 0 Å². The van der Waals surface area contributed by atoms with E-state index in [4.69, 9.17) is 5.11 Å². The molecule has 4 nitrogen and oxygen atoms in total. The van der Waals surface area contributed by atoms with E-state index >= 15 is 0 Å². The minimum Gasteiger partial charge on any atom is -0.481 e. The number of thioether (sulfide) groups is 1. The van der Waals surface area contributed by atoms with Gasteiger partial charge < -0.3 is 9.66 Å². The lowest BCUT2D eigenvalue weighted by Crippen LogP contribution is -2.21. The zero-order valence-corrected chi connectivity index (χ0v) is 15.8. The fourth-order valence-electron chi connectivity index (χ4n) is 2.98. The number of hydrogen-bond acceptors (Lipinski definition) is 5. The Balaban J connectivity index is 2.28. The second-order valence-electron chi connectivity index (χ2n) is 6.72. The van der Waals surface area contributed by atoms with Gasteiger partial charge in [0, 0.05) is 35.0 Å². The van der Waals surface area contributed by atoms with Gasteiger partial charge in [-0.2, -0.15) is 11.8 Å². The topological polar surface area (TPSA) is 74.6 Å². The summed E-state index contributed by atoms with van der Waals surface area (Å²) in [5.74, 6) is 1.16. The lowest BCUT2D eigenvalue weighted by Gasteiger charge is -2.22. The Morgan fingerprint density at radius 3 is 2.57 bits per heavy atom. The van der Waals surface area contributed by atoms with Gasteiger partial charge in [-0.05, 0) is 37.2 Å². The van der Waals surface area contributed by atoms with E-state index in [1.165, 1.54) is 0 Å². The monoisotopic (exact) mass is 362 g/mol. The molecule has 23 heavy (non-hydrogen) atoms. The highest BCUT2D eigenvalue weighted by Gasteiger charge is 2.34. The van der Waals surface area contributed by atoms with Crippen molar-refractivity contribution in [3.8, 4) is 0 Å². The minimum atomic E-state index is -0.728. The maximum atomic E-state index is 12.1. The Hall–Kier alpha value is -0.200. The van der Waals surface area contributed by atoms with Crippen molar-refractivity contribution in [2.24, 2.45) is 11.8 Å². The first-order chi connectivity index (χ1) is 11.0. The molecule has 3 unspecified atom stereocenters. The molecule has 1 aliphatic rings. The van der Waals surface area contributed by atoms with Crippen molar-refractivity contribution in [3.63, 3.8) is 0 Å². The lowest BCUT2D eigenvalue weighted by atomic mass is 9.98. The van der Waals surface area contributed by atoms with Gasteiger partial charge in [0.15, 0.2) is 0 Å². The summed E-state index contributed by atoms with van der Waals surface area (Å²) in [6.45, 7) is 4.23. The first-order valence-electron chi connectivity index (χ1n) is 8.62. The van der Waals surface area contributed by atoms with Crippen LogP contribution in [-0.2, 0) is 9.59 Å². The summed E-state index contributed by atoms with van der Waals surface area (Å²) < 4.78 is 9.35. The van der Waals surface area contributed by atoms with E-state index < -0.39 is 5.97 Å². The van der Waals surface area contributed by atoms with Crippen molar-refractivity contribution in [1.29, 1.82) is 0 Å². The van der Waals surface area contributed by atoms with Gasteiger partial charge in [0.1, 0.15) is 5.78 Å². The molecular formula is C17H30O4S2. The highest BCUT2D eigenvalue weighted by atomic mass is 32.2. The van der Waals surface area contributed by atoms with E-state index in [1.807, 2.05) is 11.8 Å². The van der Waals surface area contributed by atoms with Crippen molar-refractivity contribution >= 4 is 35.6 Å². The number of hydrogen-bond donors (Lipinski definition) is 2. The molecule has 0 bridgehead atoms. The number of carboxylic acid groups (broad SMARTS) is 1. The molecule has 0 heterocycles. The molecule has 2 N–H and O–H groups in total. The molecule has 134 valence electrons. The number of carbonyl (C=O) groups excluding carboxylic acids is 1. The van der Waals surface area contributed by atoms with E-state index in [0.717, 1.165) is 56.3 Å². The van der Waals surface area contributed by atoms with Crippen LogP contribution < -0.4 is 0 Å². The quantitative estimate of drug-likeness (QED) is 0.386. The van der Waals surface area contributed by atoms with Crippen LogP contribution in [0.4, 0.5) is 0 Å². The van der Waals surface area contributed by atoms with Crippen LogP contribution in [0.5, 0.6) is 0 Å². The zero-order valence-electron chi connectivity index (χ0n) is 14.2. The maximum absolute atomic E-state index is 12.1. The van der Waals surface area contributed by atoms with Gasteiger partial charge in [-0.1, -0.05) is 33.1 Å². The lowest BCUT2D eigenvalue weighted by molar-refractivity contribution is -0.137. The number of ketones is 1. The summed E-state index contributed by atoms with van der Waals surface area (Å²) >= 11 is 2.79. The zero-order chi connectivity index (χ0) is 17.2. The molecule has 0 spiro atoms. The van der Waals surface area contributed by atoms with Crippen LogP contribution in [0.25, 0.3) is 0 Å². The maximum Gasteiger partial charge on any atom is 0.303 e. The van der Waals surface area contributed by atoms with Gasteiger partial charge in [0.05, 0.1) is 0 Å². The first-order valence-corrected chi connectivity index (χ1v) is 10.5. The molecule has 0 aromatic carbocycles. The summed E-state index contributed by atoms with van der Waals surface area (Å²) in [4.78, 5) is 22.6. The van der Waals surface area contributed by atoms with Crippen molar-refractivity contribution in [2.75, 3.05) is 5.75 Å². The van der Waals surface area contributed by atoms with Gasteiger partial charge in [0.25, 0.3) is 0 Å². The number of carboxylic acids is 1. The standard InChI is InChI=1S/C17H30O4S2/c1-12(2)16(23-21)11-22-15-10-9-14(18)13(15)7-5-3-4-6-8-17(19)20/h12-13,15-16,21H,3-11H2,1-2H3,(H,19,20). The third-order valence-corrected chi connectivity index (χ3v) is 7.28. The van der Waals surface area contributed by atoms with E-state index in [1.54, 1.807) is 0 Å². The highest BCUT2D eigenvalue weighted by molar-refractivity contribution is 8.01. The largest absolute Gasteiger partial charge is 0.481 e. The summed E-state index contributed by atoms with van der Waals surface area (Å²) in [6.07, 6.45) is 6.52. The van der Waals surface area contributed by atoms with Crippen molar-refractivity contribution < 1.29 is 19.2 Å². The summed E-state index contributed by atoms with van der Waals surface area (Å²) in [5, 5.41) is 9.24. The predicted molar refractivity (Wildman–Crippen MR) is 98.2 cm³/mol. The number of Topliss-reactive ketones (excluding diaryl/α,β-unsaturated/α-hetero) is 1. The molecule has 0 aromatic heterocycles. The third kappa shape index (κ3) is 7.94. The van der Waals surface area contributed by atoms with E-state index in [0.29, 0.717) is 23.4 Å². The van der Waals surface area contributed by atoms with E-state index in [2.05, 4.69) is 13.8 Å². The molecule has 0 amide bonds. The Labute approximate surface area is 148 Å². The van der Waals surface area contributed by atoms with Crippen LogP contribution in [-0.4, -0.2) is 37.7 Å². The van der Waals surface area contributed by atoms with Crippen LogP contribution in [0, 0.1) is 11.8 Å². The summed E-state index contributed by atoms with van der Waals surface area (Å²) in [6, 6.07) is 0. The molecule has 3 atom stereocenters. The predicted octanol–water partition coefficient (Wildman–Crippen LogP) is 4.72. The number of aliphatic carboxylic acids is 1. The average Bonchev–Trinajstić information content (AvgIpc) is 2.83. The average molecular weight is 363 g/mol. The Bertz CT molecular complexity index is 374. The van der Waals surface area contributed by atoms with Gasteiger partial charge in [0.2, 0.25) is 0 Å². The van der Waals surface area contributed by atoms with Crippen LogP contribution in [0.2, 0.25) is 0 Å².